The number of nitrogens with one attached hydrogen (secondary N) is 1. The number of benzene rings is 2. The molecule has 2 N–H and O–H groups in total. The molecule has 1 aliphatic carbocycles. The number of thioether (sulfide) groups is 1. The smallest absolute Gasteiger partial charge is 0.313 e. The minimum Gasteiger partial charge on any atom is -0.481 e. The van der Waals surface area contributed by atoms with Gasteiger partial charge in [0, 0.05) is 17.4 Å². The Kier molecular flexibility index (Phi) is 5.56. The van der Waals surface area contributed by atoms with Gasteiger partial charge in [-0.2, -0.15) is 0 Å². The number of aliphatic carboxylic acids is 1. The monoisotopic (exact) mass is 377 g/mol. The Bertz CT molecular complexity index is 843. The van der Waals surface area contributed by atoms with Crippen molar-refractivity contribution in [2.45, 2.75) is 18.1 Å². The van der Waals surface area contributed by atoms with Crippen LogP contribution in [-0.4, -0.2) is 22.7 Å². The van der Waals surface area contributed by atoms with E-state index >= 15 is 0 Å². The Balaban J connectivity index is 1.59. The van der Waals surface area contributed by atoms with E-state index in [1.54, 1.807) is 18.2 Å². The zero-order valence-electron chi connectivity index (χ0n) is 13.7. The summed E-state index contributed by atoms with van der Waals surface area (Å²) in [7, 11) is 0. The molecule has 2 aromatic rings. The van der Waals surface area contributed by atoms with Crippen molar-refractivity contribution in [3.63, 3.8) is 0 Å². The predicted molar refractivity (Wildman–Crippen MR) is 96.1 cm³/mol. The van der Waals surface area contributed by atoms with E-state index in [-0.39, 0.29) is 29.1 Å². The van der Waals surface area contributed by atoms with E-state index in [1.165, 1.54) is 23.9 Å². The molecule has 0 aromatic heterocycles. The molecule has 1 amide bonds. The fourth-order valence-corrected chi connectivity index (χ4v) is 3.56. The van der Waals surface area contributed by atoms with Gasteiger partial charge in [-0.25, -0.2) is 8.78 Å². The molecular formula is C19H17F2NO3S. The second-order valence-corrected chi connectivity index (χ2v) is 7.15. The summed E-state index contributed by atoms with van der Waals surface area (Å²) in [6.45, 7) is 0. The maximum Gasteiger partial charge on any atom is 0.313 e. The van der Waals surface area contributed by atoms with Crippen molar-refractivity contribution in [2.75, 3.05) is 11.1 Å². The number of rotatable bonds is 7. The van der Waals surface area contributed by atoms with Gasteiger partial charge >= 0.3 is 5.97 Å². The Morgan fingerprint density at radius 2 is 1.96 bits per heavy atom. The van der Waals surface area contributed by atoms with Gasteiger partial charge in [-0.05, 0) is 41.7 Å². The highest BCUT2D eigenvalue weighted by Gasteiger charge is 2.45. The molecule has 1 fully saturated rings. The number of carboxylic acid groups (broad SMARTS) is 1. The number of hydrogen-bond acceptors (Lipinski definition) is 3. The van der Waals surface area contributed by atoms with Gasteiger partial charge in [-0.1, -0.05) is 24.3 Å². The van der Waals surface area contributed by atoms with Crippen LogP contribution in [0.15, 0.2) is 42.5 Å². The van der Waals surface area contributed by atoms with Gasteiger partial charge in [-0.3, -0.25) is 9.59 Å². The lowest BCUT2D eigenvalue weighted by atomic mass is 10.1. The SMILES string of the molecule is O=C(O)CSCc1cccc(NC(=O)C2CC2c2cccc(F)c2F)c1. The number of carboxylic acids is 1. The molecule has 2 atom stereocenters. The van der Waals surface area contributed by atoms with Crippen LogP contribution in [0.3, 0.4) is 0 Å². The molecule has 0 bridgehead atoms. The summed E-state index contributed by atoms with van der Waals surface area (Å²) in [4.78, 5) is 22.9. The van der Waals surface area contributed by atoms with Crippen LogP contribution in [0.4, 0.5) is 14.5 Å². The average Bonchev–Trinajstić information content (AvgIpc) is 3.38. The van der Waals surface area contributed by atoms with Gasteiger partial charge in [0.25, 0.3) is 0 Å². The second kappa shape index (κ2) is 7.86. The molecule has 7 heteroatoms. The van der Waals surface area contributed by atoms with Gasteiger partial charge in [-0.15, -0.1) is 11.8 Å². The minimum atomic E-state index is -0.903. The summed E-state index contributed by atoms with van der Waals surface area (Å²) < 4.78 is 27.2. The number of amides is 1. The van der Waals surface area contributed by atoms with Crippen molar-refractivity contribution in [3.05, 3.63) is 65.2 Å². The molecule has 26 heavy (non-hydrogen) atoms. The highest BCUT2D eigenvalue weighted by atomic mass is 32.2. The highest BCUT2D eigenvalue weighted by Crippen LogP contribution is 2.49. The zero-order chi connectivity index (χ0) is 18.7. The number of carbonyl (C=O) groups is 2. The molecule has 2 aromatic carbocycles. The summed E-state index contributed by atoms with van der Waals surface area (Å²) in [5.74, 6) is -3.03. The lowest BCUT2D eigenvalue weighted by molar-refractivity contribution is -0.133. The number of hydrogen-bond donors (Lipinski definition) is 2. The van der Waals surface area contributed by atoms with Crippen molar-refractivity contribution in [2.24, 2.45) is 5.92 Å². The van der Waals surface area contributed by atoms with Gasteiger partial charge in [0.1, 0.15) is 0 Å². The van der Waals surface area contributed by atoms with Crippen LogP contribution in [0.25, 0.3) is 0 Å². The first kappa shape index (κ1) is 18.4. The quantitative estimate of drug-likeness (QED) is 0.765. The van der Waals surface area contributed by atoms with Crippen LogP contribution in [-0.2, 0) is 15.3 Å². The molecule has 0 aliphatic heterocycles. The Morgan fingerprint density at radius 3 is 2.73 bits per heavy atom. The normalized spacial score (nSPS) is 18.4. The number of anilines is 1. The zero-order valence-corrected chi connectivity index (χ0v) is 14.6. The first-order valence-electron chi connectivity index (χ1n) is 8.09. The van der Waals surface area contributed by atoms with E-state index in [4.69, 9.17) is 5.11 Å². The molecule has 136 valence electrons. The molecule has 3 rings (SSSR count). The van der Waals surface area contributed by atoms with Gasteiger partial charge in [0.2, 0.25) is 5.91 Å². The van der Waals surface area contributed by atoms with Crippen LogP contribution in [0.1, 0.15) is 23.5 Å². The van der Waals surface area contributed by atoms with E-state index < -0.39 is 17.6 Å². The summed E-state index contributed by atoms with van der Waals surface area (Å²) in [5.41, 5.74) is 1.75. The molecule has 0 heterocycles. The van der Waals surface area contributed by atoms with Gasteiger partial charge < -0.3 is 10.4 Å². The molecule has 0 saturated heterocycles. The van der Waals surface area contributed by atoms with Crippen LogP contribution >= 0.6 is 11.8 Å². The molecule has 2 unspecified atom stereocenters. The lowest BCUT2D eigenvalue weighted by Gasteiger charge is -2.08. The van der Waals surface area contributed by atoms with E-state index in [9.17, 15) is 18.4 Å². The Hall–Kier alpha value is -2.41. The van der Waals surface area contributed by atoms with E-state index in [1.807, 2.05) is 6.07 Å². The highest BCUT2D eigenvalue weighted by molar-refractivity contribution is 7.99. The molecule has 4 nitrogen and oxygen atoms in total. The third-order valence-electron chi connectivity index (χ3n) is 4.20. The topological polar surface area (TPSA) is 66.4 Å². The van der Waals surface area contributed by atoms with Crippen LogP contribution < -0.4 is 5.32 Å². The fourth-order valence-electron chi connectivity index (χ4n) is 2.87. The van der Waals surface area contributed by atoms with Crippen molar-refractivity contribution in [1.29, 1.82) is 0 Å². The predicted octanol–water partition coefficient (Wildman–Crippen LogP) is 4.02. The van der Waals surface area contributed by atoms with E-state index in [0.29, 0.717) is 17.9 Å². The summed E-state index contributed by atoms with van der Waals surface area (Å²) in [6.07, 6.45) is 0.486. The second-order valence-electron chi connectivity index (χ2n) is 6.17. The number of carbonyl (C=O) groups excluding carboxylic acids is 1. The van der Waals surface area contributed by atoms with Crippen molar-refractivity contribution >= 4 is 29.3 Å². The third-order valence-corrected chi connectivity index (χ3v) is 5.19. The summed E-state index contributed by atoms with van der Waals surface area (Å²) >= 11 is 1.27. The van der Waals surface area contributed by atoms with E-state index in [0.717, 1.165) is 11.6 Å². The Morgan fingerprint density at radius 1 is 1.19 bits per heavy atom. The molecule has 1 aliphatic rings. The molecular weight excluding hydrogens is 360 g/mol. The third kappa shape index (κ3) is 4.40. The lowest BCUT2D eigenvalue weighted by Crippen LogP contribution is -2.15. The van der Waals surface area contributed by atoms with Crippen LogP contribution in [0.5, 0.6) is 0 Å². The minimum absolute atomic E-state index is 0.0134. The molecule has 1 saturated carbocycles. The van der Waals surface area contributed by atoms with Crippen molar-refractivity contribution in [1.82, 2.24) is 0 Å². The molecule has 0 radical (unpaired) electrons. The Labute approximate surface area is 153 Å². The maximum absolute atomic E-state index is 13.8. The largest absolute Gasteiger partial charge is 0.481 e. The number of halogens is 2. The average molecular weight is 377 g/mol. The van der Waals surface area contributed by atoms with Crippen LogP contribution in [0.2, 0.25) is 0 Å². The van der Waals surface area contributed by atoms with Crippen LogP contribution in [0, 0.1) is 17.6 Å². The fraction of sp³-hybridized carbons (Fsp3) is 0.263. The van der Waals surface area contributed by atoms with Crippen molar-refractivity contribution in [3.8, 4) is 0 Å². The first-order chi connectivity index (χ1) is 12.5. The summed E-state index contributed by atoms with van der Waals surface area (Å²) in [5, 5.41) is 11.5. The van der Waals surface area contributed by atoms with Crippen molar-refractivity contribution < 1.29 is 23.5 Å². The van der Waals surface area contributed by atoms with Gasteiger partial charge in [0.15, 0.2) is 11.6 Å². The van der Waals surface area contributed by atoms with E-state index in [2.05, 4.69) is 5.32 Å². The molecule has 0 spiro atoms. The maximum atomic E-state index is 13.8. The summed E-state index contributed by atoms with van der Waals surface area (Å²) in [6, 6.07) is 11.2. The standard InChI is InChI=1S/C19H17F2NO3S/c20-16-6-2-5-13(18(16)21)14-8-15(14)19(25)22-12-4-1-3-11(7-12)9-26-10-17(23)24/h1-7,14-15H,8-10H2,(H,22,25)(H,23,24). The van der Waals surface area contributed by atoms with Gasteiger partial charge in [0.05, 0.1) is 5.75 Å². The first-order valence-corrected chi connectivity index (χ1v) is 9.24.